The van der Waals surface area contributed by atoms with Gasteiger partial charge in [0.15, 0.2) is 0 Å². The van der Waals surface area contributed by atoms with Crippen LogP contribution in [-0.4, -0.2) is 21.5 Å². The summed E-state index contributed by atoms with van der Waals surface area (Å²) < 4.78 is 1.92. The van der Waals surface area contributed by atoms with Gasteiger partial charge in [0, 0.05) is 38.1 Å². The molecule has 0 aliphatic heterocycles. The van der Waals surface area contributed by atoms with Gasteiger partial charge in [-0.25, -0.2) is 4.98 Å². The maximum Gasteiger partial charge on any atom is 0.273 e. The van der Waals surface area contributed by atoms with Crippen LogP contribution < -0.4 is 4.90 Å². The second-order valence-corrected chi connectivity index (χ2v) is 5.06. The average Bonchev–Trinajstić information content (AvgIpc) is 2.77. The molecule has 1 heterocycles. The van der Waals surface area contributed by atoms with E-state index >= 15 is 0 Å². The third kappa shape index (κ3) is 2.75. The summed E-state index contributed by atoms with van der Waals surface area (Å²) in [5.74, 6) is 0.888. The first-order valence-electron chi connectivity index (χ1n) is 6.02. The van der Waals surface area contributed by atoms with Crippen molar-refractivity contribution in [3.8, 4) is 0 Å². The number of halogens is 1. The lowest BCUT2D eigenvalue weighted by atomic mass is 10.1. The number of rotatable bonds is 4. The van der Waals surface area contributed by atoms with Gasteiger partial charge in [0.25, 0.3) is 5.69 Å². The zero-order chi connectivity index (χ0) is 14.9. The zero-order valence-electron chi connectivity index (χ0n) is 11.5. The molecule has 0 atom stereocenters. The normalized spacial score (nSPS) is 10.6. The second kappa shape index (κ2) is 5.50. The monoisotopic (exact) mass is 294 g/mol. The van der Waals surface area contributed by atoms with Gasteiger partial charge in [0.05, 0.1) is 22.2 Å². The highest BCUT2D eigenvalue weighted by molar-refractivity contribution is 6.33. The van der Waals surface area contributed by atoms with Crippen LogP contribution in [0, 0.1) is 17.0 Å². The molecule has 0 fully saturated rings. The molecule has 2 aromatic rings. The third-order valence-electron chi connectivity index (χ3n) is 3.17. The predicted molar refractivity (Wildman–Crippen MR) is 78.2 cm³/mol. The largest absolute Gasteiger partial charge is 0.366 e. The number of hydrogen-bond acceptors (Lipinski definition) is 4. The molecule has 0 aliphatic carbocycles. The fraction of sp³-hybridized carbons (Fsp3) is 0.308. The average molecular weight is 295 g/mol. The Labute approximate surface area is 121 Å². The molecular formula is C13H15ClN4O2. The van der Waals surface area contributed by atoms with Gasteiger partial charge in [0.2, 0.25) is 0 Å². The summed E-state index contributed by atoms with van der Waals surface area (Å²) in [4.78, 5) is 16.6. The lowest BCUT2D eigenvalue weighted by molar-refractivity contribution is -0.385. The molecule has 106 valence electrons. The predicted octanol–water partition coefficient (Wildman–Crippen LogP) is 2.93. The van der Waals surface area contributed by atoms with Crippen LogP contribution in [0.2, 0.25) is 5.02 Å². The van der Waals surface area contributed by atoms with Crippen molar-refractivity contribution in [2.24, 2.45) is 7.05 Å². The molecule has 1 aromatic carbocycles. The number of nitro groups is 1. The molecule has 7 heteroatoms. The number of aromatic nitrogens is 2. The summed E-state index contributed by atoms with van der Waals surface area (Å²) in [6, 6.07) is 3.12. The van der Waals surface area contributed by atoms with Crippen molar-refractivity contribution in [2.75, 3.05) is 11.9 Å². The van der Waals surface area contributed by atoms with E-state index in [1.165, 1.54) is 6.07 Å². The Bertz CT molecular complexity index is 654. The minimum Gasteiger partial charge on any atom is -0.366 e. The highest BCUT2D eigenvalue weighted by Crippen LogP contribution is 2.32. The first kappa shape index (κ1) is 14.3. The van der Waals surface area contributed by atoms with Crippen molar-refractivity contribution in [1.29, 1.82) is 0 Å². The number of benzene rings is 1. The minimum absolute atomic E-state index is 0.0316. The SMILES string of the molecule is Cc1cc(N(C)Cc2nccn2C)c(Cl)cc1[N+](=O)[O-]. The standard InChI is InChI=1S/C13H15ClN4O2/c1-9-6-12(10(14)7-11(9)18(19)20)17(3)8-13-15-4-5-16(13)2/h4-7H,8H2,1-3H3. The maximum absolute atomic E-state index is 10.9. The maximum atomic E-state index is 10.9. The van der Waals surface area contributed by atoms with E-state index < -0.39 is 4.92 Å². The Hall–Kier alpha value is -2.08. The summed E-state index contributed by atoms with van der Waals surface area (Å²) in [7, 11) is 3.79. The van der Waals surface area contributed by atoms with E-state index in [9.17, 15) is 10.1 Å². The summed E-state index contributed by atoms with van der Waals surface area (Å²) in [5, 5.41) is 11.2. The van der Waals surface area contributed by atoms with Gasteiger partial charge in [0.1, 0.15) is 5.82 Å². The van der Waals surface area contributed by atoms with Crippen LogP contribution in [0.5, 0.6) is 0 Å². The number of aryl methyl sites for hydroxylation is 2. The molecular weight excluding hydrogens is 280 g/mol. The summed E-state index contributed by atoms with van der Waals surface area (Å²) in [5.41, 5.74) is 1.36. The first-order valence-corrected chi connectivity index (χ1v) is 6.40. The third-order valence-corrected chi connectivity index (χ3v) is 3.48. The highest BCUT2D eigenvalue weighted by Gasteiger charge is 2.17. The molecule has 2 rings (SSSR count). The Balaban J connectivity index is 2.31. The van der Waals surface area contributed by atoms with Crippen molar-refractivity contribution in [3.05, 3.63) is 51.1 Å². The molecule has 0 bridgehead atoms. The van der Waals surface area contributed by atoms with Gasteiger partial charge >= 0.3 is 0 Å². The molecule has 1 aromatic heterocycles. The summed E-state index contributed by atoms with van der Waals surface area (Å²) in [6.45, 7) is 2.27. The molecule has 0 N–H and O–H groups in total. The van der Waals surface area contributed by atoms with Crippen LogP contribution in [0.25, 0.3) is 0 Å². The molecule has 0 unspecified atom stereocenters. The molecule has 0 aliphatic rings. The van der Waals surface area contributed by atoms with Gasteiger partial charge in [-0.3, -0.25) is 10.1 Å². The minimum atomic E-state index is -0.427. The molecule has 0 saturated heterocycles. The van der Waals surface area contributed by atoms with Crippen LogP contribution >= 0.6 is 11.6 Å². The molecule has 6 nitrogen and oxygen atoms in total. The Morgan fingerprint density at radius 3 is 2.75 bits per heavy atom. The van der Waals surface area contributed by atoms with Gasteiger partial charge in [-0.1, -0.05) is 11.6 Å². The van der Waals surface area contributed by atoms with Gasteiger partial charge in [-0.05, 0) is 13.0 Å². The van der Waals surface area contributed by atoms with Crippen LogP contribution in [-0.2, 0) is 13.6 Å². The van der Waals surface area contributed by atoms with Gasteiger partial charge < -0.3 is 9.47 Å². The van der Waals surface area contributed by atoms with E-state index in [4.69, 9.17) is 11.6 Å². The highest BCUT2D eigenvalue weighted by atomic mass is 35.5. The first-order chi connectivity index (χ1) is 9.40. The fourth-order valence-corrected chi connectivity index (χ4v) is 2.29. The van der Waals surface area contributed by atoms with Crippen LogP contribution in [0.15, 0.2) is 24.5 Å². The smallest absolute Gasteiger partial charge is 0.273 e. The lowest BCUT2D eigenvalue weighted by Crippen LogP contribution is -2.19. The van der Waals surface area contributed by atoms with Gasteiger partial charge in [-0.15, -0.1) is 0 Å². The van der Waals surface area contributed by atoms with Crippen LogP contribution in [0.3, 0.4) is 0 Å². The Kier molecular flexibility index (Phi) is 3.94. The summed E-state index contributed by atoms with van der Waals surface area (Å²) in [6.07, 6.45) is 3.59. The fourth-order valence-electron chi connectivity index (χ4n) is 1.99. The van der Waals surface area contributed by atoms with E-state index in [1.54, 1.807) is 19.2 Å². The van der Waals surface area contributed by atoms with Crippen LogP contribution in [0.1, 0.15) is 11.4 Å². The lowest BCUT2D eigenvalue weighted by Gasteiger charge is -2.20. The number of nitro benzene ring substituents is 1. The van der Waals surface area contributed by atoms with Crippen molar-refractivity contribution in [1.82, 2.24) is 9.55 Å². The van der Waals surface area contributed by atoms with Crippen molar-refractivity contribution in [2.45, 2.75) is 13.5 Å². The quantitative estimate of drug-likeness (QED) is 0.642. The van der Waals surface area contributed by atoms with Crippen molar-refractivity contribution in [3.63, 3.8) is 0 Å². The number of nitrogens with zero attached hydrogens (tertiary/aromatic N) is 4. The van der Waals surface area contributed by atoms with Gasteiger partial charge in [-0.2, -0.15) is 0 Å². The van der Waals surface area contributed by atoms with Crippen LogP contribution in [0.4, 0.5) is 11.4 Å². The molecule has 0 radical (unpaired) electrons. The molecule has 20 heavy (non-hydrogen) atoms. The Morgan fingerprint density at radius 1 is 1.50 bits per heavy atom. The van der Waals surface area contributed by atoms with E-state index in [0.717, 1.165) is 11.5 Å². The van der Waals surface area contributed by atoms with Crippen molar-refractivity contribution < 1.29 is 4.92 Å². The number of imidazole rings is 1. The van der Waals surface area contributed by atoms with E-state index in [2.05, 4.69) is 4.98 Å². The topological polar surface area (TPSA) is 64.2 Å². The van der Waals surface area contributed by atoms with Crippen molar-refractivity contribution >= 4 is 23.0 Å². The summed E-state index contributed by atoms with van der Waals surface area (Å²) >= 11 is 6.15. The molecule has 0 amide bonds. The Morgan fingerprint density at radius 2 is 2.20 bits per heavy atom. The zero-order valence-corrected chi connectivity index (χ0v) is 12.3. The molecule has 0 saturated carbocycles. The van der Waals surface area contributed by atoms with E-state index in [-0.39, 0.29) is 5.69 Å². The van der Waals surface area contributed by atoms with E-state index in [0.29, 0.717) is 17.1 Å². The number of anilines is 1. The second-order valence-electron chi connectivity index (χ2n) is 4.66. The van der Waals surface area contributed by atoms with E-state index in [1.807, 2.05) is 29.8 Å². The molecule has 0 spiro atoms. The number of hydrogen-bond donors (Lipinski definition) is 0.